The number of alkyl carbamates (subject to hydrolysis) is 2. The number of ether oxygens (including phenoxy) is 8. The van der Waals surface area contributed by atoms with E-state index in [0.29, 0.717) is 11.1 Å². The predicted octanol–water partition coefficient (Wildman–Crippen LogP) is 2.73. The summed E-state index contributed by atoms with van der Waals surface area (Å²) < 4.78 is 48.9. The van der Waals surface area contributed by atoms with Gasteiger partial charge >= 0.3 is 18.3 Å². The molecule has 0 bridgehead atoms. The Labute approximate surface area is 386 Å². The van der Waals surface area contributed by atoms with Crippen LogP contribution in [0.15, 0.2) is 121 Å². The lowest BCUT2D eigenvalue weighted by Gasteiger charge is -2.51. The quantitative estimate of drug-likeness (QED) is 0.0898. The van der Waals surface area contributed by atoms with Crippen LogP contribution in [0.1, 0.15) is 41.3 Å². The molecule has 3 amide bonds. The molecule has 8 rings (SSSR count). The molecule has 4 aromatic rings. The average molecular weight is 929 g/mol. The number of carbonyl (C=O) groups excluding carboxylic acids is 3. The van der Waals surface area contributed by atoms with Gasteiger partial charge in [0.1, 0.15) is 56.4 Å². The normalized spacial score (nSPS) is 31.5. The summed E-state index contributed by atoms with van der Waals surface area (Å²) in [7, 11) is 0. The third-order valence-electron chi connectivity index (χ3n) is 12.2. The van der Waals surface area contributed by atoms with E-state index in [2.05, 4.69) is 10.6 Å². The topological polar surface area (TPSA) is 259 Å². The van der Waals surface area contributed by atoms with E-state index in [1.165, 1.54) is 4.90 Å². The molecule has 67 heavy (non-hydrogen) atoms. The zero-order valence-electron chi connectivity index (χ0n) is 36.4. The highest BCUT2D eigenvalue weighted by Crippen LogP contribution is 2.39. The van der Waals surface area contributed by atoms with Crippen molar-refractivity contribution in [3.63, 3.8) is 0 Å². The van der Waals surface area contributed by atoms with Crippen molar-refractivity contribution in [1.29, 1.82) is 0 Å². The van der Waals surface area contributed by atoms with Crippen molar-refractivity contribution < 1.29 is 72.7 Å². The van der Waals surface area contributed by atoms with Crippen LogP contribution >= 0.6 is 0 Å². The Hall–Kier alpha value is -5.71. The van der Waals surface area contributed by atoms with E-state index < -0.39 is 111 Å². The maximum atomic E-state index is 14.0. The molecule has 4 aliphatic rings. The van der Waals surface area contributed by atoms with Gasteiger partial charge < -0.3 is 74.7 Å². The third-order valence-corrected chi connectivity index (χ3v) is 12.2. The van der Waals surface area contributed by atoms with Gasteiger partial charge in [0.25, 0.3) is 0 Å². The number of hydrogen-bond acceptors (Lipinski definition) is 16. The van der Waals surface area contributed by atoms with E-state index >= 15 is 0 Å². The minimum atomic E-state index is -1.67. The average Bonchev–Trinajstić information content (AvgIpc) is 3.63. The van der Waals surface area contributed by atoms with Crippen LogP contribution < -0.4 is 16.4 Å². The van der Waals surface area contributed by atoms with Crippen molar-refractivity contribution in [2.24, 2.45) is 5.73 Å². The van der Waals surface area contributed by atoms with Crippen LogP contribution in [-0.4, -0.2) is 136 Å². The number of benzene rings is 4. The SMILES string of the molecule is N[C@@H]1C[C@H](NC(=O)OCc2ccccc2)[C@@H](O[C@H]2O[C@@H]3CN(C(=O)OCc4ccccc4)C(c4ccccc4)O[C@H]3C[C@H]2NC(=O)OCc2ccccc2)[C@H](O[C@@H]2O[C@H](CO)[C@@H](O)[C@H]2O)[C@H]1O. The minimum Gasteiger partial charge on any atom is -0.445 e. The van der Waals surface area contributed by atoms with E-state index in [1.807, 2.05) is 84.9 Å². The van der Waals surface area contributed by atoms with Crippen LogP contribution in [0.3, 0.4) is 0 Å². The molecule has 3 saturated heterocycles. The number of carbonyl (C=O) groups is 3. The number of hydrogen-bond donors (Lipinski definition) is 7. The summed E-state index contributed by atoms with van der Waals surface area (Å²) in [6.07, 6.45) is -16.8. The first-order valence-corrected chi connectivity index (χ1v) is 22.2. The zero-order chi connectivity index (χ0) is 46.9. The third kappa shape index (κ3) is 11.9. The van der Waals surface area contributed by atoms with Crippen molar-refractivity contribution in [3.8, 4) is 0 Å². The summed E-state index contributed by atoms with van der Waals surface area (Å²) in [5.41, 5.74) is 9.35. The predicted molar refractivity (Wildman–Crippen MR) is 234 cm³/mol. The highest BCUT2D eigenvalue weighted by Gasteiger charge is 2.54. The smallest absolute Gasteiger partial charge is 0.412 e. The number of nitrogens with zero attached hydrogens (tertiary/aromatic N) is 1. The number of amides is 3. The highest BCUT2D eigenvalue weighted by molar-refractivity contribution is 5.69. The van der Waals surface area contributed by atoms with Crippen LogP contribution in [0.4, 0.5) is 14.4 Å². The number of aliphatic hydroxyl groups excluding tert-OH is 4. The standard InChI is InChI=1S/C48H56N4O15/c49-32-21-33(50-46(57)60-25-28-13-5-1-6-14-28)41(42(38(32)54)67-45-40(56)39(55)37(24-53)65-45)66-44-34(51-47(58)61-26-29-15-7-2-8-16-29)22-35-36(64-44)23-52(43(63-35)31-19-11-4-12-20-31)48(59)62-27-30-17-9-3-10-18-30/h1-20,32-45,53-56H,21-27,49H2,(H,50,57)(H,51,58)/t32-,33+,34-,35+,36-,37-,38+,39-,40-,41-,42-,43?,44-,45+/m1/s1. The summed E-state index contributed by atoms with van der Waals surface area (Å²) >= 11 is 0. The molecule has 0 aromatic heterocycles. The van der Waals surface area contributed by atoms with Gasteiger partial charge in [0.2, 0.25) is 0 Å². The van der Waals surface area contributed by atoms with Gasteiger partial charge in [-0.15, -0.1) is 0 Å². The van der Waals surface area contributed by atoms with Crippen molar-refractivity contribution >= 4 is 18.3 Å². The lowest BCUT2D eigenvalue weighted by atomic mass is 9.83. The number of nitrogens with two attached hydrogens (primary N) is 1. The fourth-order valence-electron chi connectivity index (χ4n) is 8.63. The van der Waals surface area contributed by atoms with Crippen LogP contribution in [0.5, 0.6) is 0 Å². The molecule has 3 aliphatic heterocycles. The van der Waals surface area contributed by atoms with Gasteiger partial charge in [0.15, 0.2) is 18.8 Å². The monoisotopic (exact) mass is 928 g/mol. The summed E-state index contributed by atoms with van der Waals surface area (Å²) in [6.45, 7) is -0.868. The van der Waals surface area contributed by atoms with Crippen molar-refractivity contribution in [1.82, 2.24) is 15.5 Å². The number of rotatable bonds is 14. The first-order chi connectivity index (χ1) is 32.5. The Morgan fingerprint density at radius 1 is 0.597 bits per heavy atom. The van der Waals surface area contributed by atoms with Gasteiger partial charge in [0.05, 0.1) is 37.4 Å². The molecule has 0 spiro atoms. The number of aliphatic hydroxyl groups is 4. The molecule has 0 radical (unpaired) electrons. The highest BCUT2D eigenvalue weighted by atomic mass is 16.7. The van der Waals surface area contributed by atoms with Crippen LogP contribution in [0.25, 0.3) is 0 Å². The molecule has 4 fully saturated rings. The number of nitrogens with one attached hydrogen (secondary N) is 2. The summed E-state index contributed by atoms with van der Waals surface area (Å²) in [5, 5.41) is 48.7. The molecule has 19 heteroatoms. The van der Waals surface area contributed by atoms with Crippen LogP contribution in [0.2, 0.25) is 0 Å². The molecular formula is C48H56N4O15. The second-order valence-electron chi connectivity index (χ2n) is 16.8. The molecule has 358 valence electrons. The Kier molecular flexibility index (Phi) is 16.0. The largest absolute Gasteiger partial charge is 0.445 e. The Morgan fingerprint density at radius 2 is 1.12 bits per heavy atom. The van der Waals surface area contributed by atoms with Gasteiger partial charge in [-0.2, -0.15) is 0 Å². The zero-order valence-corrected chi connectivity index (χ0v) is 36.4. The summed E-state index contributed by atoms with van der Waals surface area (Å²) in [5.74, 6) is 0. The lowest BCUT2D eigenvalue weighted by molar-refractivity contribution is -0.317. The maximum absolute atomic E-state index is 14.0. The van der Waals surface area contributed by atoms with E-state index in [1.54, 1.807) is 36.4 Å². The molecular weight excluding hydrogens is 873 g/mol. The van der Waals surface area contributed by atoms with E-state index in [9.17, 15) is 34.8 Å². The summed E-state index contributed by atoms with van der Waals surface area (Å²) in [6, 6.07) is 33.2. The molecule has 1 aliphatic carbocycles. The molecule has 1 saturated carbocycles. The van der Waals surface area contributed by atoms with E-state index in [4.69, 9.17) is 43.6 Å². The fraction of sp³-hybridized carbons (Fsp3) is 0.438. The number of fused-ring (bicyclic) bond motifs is 1. The first kappa shape index (κ1) is 47.8. The second kappa shape index (κ2) is 22.4. The van der Waals surface area contributed by atoms with Gasteiger partial charge in [-0.05, 0) is 23.1 Å². The molecule has 4 aromatic carbocycles. The Morgan fingerprint density at radius 3 is 1.67 bits per heavy atom. The second-order valence-corrected chi connectivity index (χ2v) is 16.8. The van der Waals surface area contributed by atoms with Gasteiger partial charge in [-0.1, -0.05) is 121 Å². The van der Waals surface area contributed by atoms with Gasteiger partial charge in [-0.3, -0.25) is 4.90 Å². The van der Waals surface area contributed by atoms with Crippen molar-refractivity contribution in [2.45, 2.75) is 118 Å². The van der Waals surface area contributed by atoms with Gasteiger partial charge in [-0.25, -0.2) is 14.4 Å². The maximum Gasteiger partial charge on any atom is 0.412 e. The van der Waals surface area contributed by atoms with Crippen LogP contribution in [0, 0.1) is 0 Å². The lowest BCUT2D eigenvalue weighted by Crippen LogP contribution is -2.68. The summed E-state index contributed by atoms with van der Waals surface area (Å²) in [4.78, 5) is 42.5. The van der Waals surface area contributed by atoms with E-state index in [-0.39, 0.29) is 39.2 Å². The van der Waals surface area contributed by atoms with Crippen molar-refractivity contribution in [3.05, 3.63) is 144 Å². The first-order valence-electron chi connectivity index (χ1n) is 22.2. The van der Waals surface area contributed by atoms with Crippen molar-refractivity contribution in [2.75, 3.05) is 13.2 Å². The van der Waals surface area contributed by atoms with Gasteiger partial charge in [0, 0.05) is 18.0 Å². The minimum absolute atomic E-state index is 0.0132. The molecule has 8 N–H and O–H groups in total. The molecule has 3 heterocycles. The Balaban J connectivity index is 1.09. The van der Waals surface area contributed by atoms with E-state index in [0.717, 1.165) is 11.1 Å². The Bertz CT molecular complexity index is 2200. The fourth-order valence-corrected chi connectivity index (χ4v) is 8.63. The molecule has 1 unspecified atom stereocenters. The van der Waals surface area contributed by atoms with Crippen LogP contribution in [-0.2, 0) is 57.7 Å². The molecule has 19 nitrogen and oxygen atoms in total. The molecule has 14 atom stereocenters.